The van der Waals surface area contributed by atoms with Crippen molar-refractivity contribution in [1.82, 2.24) is 10.2 Å². The fraction of sp³-hybridized carbons (Fsp3) is 0.375. The molecule has 1 aliphatic rings. The topological polar surface area (TPSA) is 38.2 Å². The van der Waals surface area contributed by atoms with Gasteiger partial charge < -0.3 is 9.64 Å². The summed E-state index contributed by atoms with van der Waals surface area (Å²) in [5.41, 5.74) is 2.32. The van der Waals surface area contributed by atoms with E-state index >= 15 is 0 Å². The van der Waals surface area contributed by atoms with Crippen molar-refractivity contribution in [3.05, 3.63) is 47.7 Å². The molecule has 1 atom stereocenters. The number of aromatic nitrogens is 2. The highest BCUT2D eigenvalue weighted by atomic mass is 16.5. The van der Waals surface area contributed by atoms with E-state index < -0.39 is 0 Å². The Balaban J connectivity index is 1.67. The van der Waals surface area contributed by atoms with Crippen molar-refractivity contribution in [3.8, 4) is 5.75 Å². The highest BCUT2D eigenvalue weighted by Crippen LogP contribution is 2.28. The lowest BCUT2D eigenvalue weighted by Gasteiger charge is -2.24. The number of rotatable bonds is 3. The molecule has 0 fully saturated rings. The van der Waals surface area contributed by atoms with E-state index in [4.69, 9.17) is 4.74 Å². The van der Waals surface area contributed by atoms with Gasteiger partial charge in [0.25, 0.3) is 0 Å². The molecule has 0 radical (unpaired) electrons. The third kappa shape index (κ3) is 2.74. The number of hydrogen-bond donors (Lipinski definition) is 0. The van der Waals surface area contributed by atoms with Crippen molar-refractivity contribution in [2.75, 3.05) is 25.6 Å². The summed E-state index contributed by atoms with van der Waals surface area (Å²) in [6.45, 7) is 0.758. The second kappa shape index (κ2) is 5.49. The normalized spacial score (nSPS) is 17.2. The summed E-state index contributed by atoms with van der Waals surface area (Å²) in [5.74, 6) is 2.39. The average molecular weight is 269 g/mol. The third-order valence-electron chi connectivity index (χ3n) is 3.62. The molecule has 0 bridgehead atoms. The second-order valence-corrected chi connectivity index (χ2v) is 5.47. The summed E-state index contributed by atoms with van der Waals surface area (Å²) in [6.07, 6.45) is 1.96. The summed E-state index contributed by atoms with van der Waals surface area (Å²) in [6, 6.07) is 12.3. The third-order valence-corrected chi connectivity index (χ3v) is 3.62. The van der Waals surface area contributed by atoms with Gasteiger partial charge in [-0.2, -0.15) is 5.10 Å². The van der Waals surface area contributed by atoms with E-state index in [2.05, 4.69) is 28.4 Å². The first-order valence-electron chi connectivity index (χ1n) is 6.93. The summed E-state index contributed by atoms with van der Waals surface area (Å²) in [5, 5.41) is 8.53. The highest BCUT2D eigenvalue weighted by molar-refractivity contribution is 5.36. The molecule has 1 aromatic heterocycles. The van der Waals surface area contributed by atoms with Crippen molar-refractivity contribution >= 4 is 5.82 Å². The van der Waals surface area contributed by atoms with E-state index in [1.54, 1.807) is 0 Å². The molecule has 104 valence electrons. The number of para-hydroxylation sites is 1. The molecule has 20 heavy (non-hydrogen) atoms. The zero-order chi connectivity index (χ0) is 13.9. The first-order valence-corrected chi connectivity index (χ1v) is 6.93. The summed E-state index contributed by atoms with van der Waals surface area (Å²) in [4.78, 5) is 1.96. The number of fused-ring (bicyclic) bond motifs is 1. The number of anilines is 1. The maximum Gasteiger partial charge on any atom is 0.150 e. The Kier molecular flexibility index (Phi) is 3.54. The van der Waals surface area contributed by atoms with Gasteiger partial charge in [0.05, 0.1) is 12.3 Å². The van der Waals surface area contributed by atoms with Gasteiger partial charge in [-0.3, -0.25) is 0 Å². The molecule has 0 amide bonds. The number of ether oxygens (including phenoxy) is 1. The smallest absolute Gasteiger partial charge is 0.150 e. The minimum Gasteiger partial charge on any atom is -0.493 e. The van der Waals surface area contributed by atoms with Gasteiger partial charge in [-0.1, -0.05) is 18.2 Å². The predicted octanol–water partition coefficient (Wildman–Crippen LogP) is 2.34. The van der Waals surface area contributed by atoms with E-state index in [0.29, 0.717) is 5.92 Å². The van der Waals surface area contributed by atoms with E-state index in [1.807, 2.05) is 37.2 Å². The maximum atomic E-state index is 5.81. The van der Waals surface area contributed by atoms with Crippen molar-refractivity contribution in [3.63, 3.8) is 0 Å². The summed E-state index contributed by atoms with van der Waals surface area (Å²) >= 11 is 0. The number of benzene rings is 1. The Labute approximate surface area is 119 Å². The molecular weight excluding hydrogens is 250 g/mol. The van der Waals surface area contributed by atoms with Crippen LogP contribution in [0, 0.1) is 5.92 Å². The fourth-order valence-electron chi connectivity index (χ4n) is 2.52. The van der Waals surface area contributed by atoms with E-state index in [-0.39, 0.29) is 0 Å². The quantitative estimate of drug-likeness (QED) is 0.857. The standard InChI is InChI=1S/C16H19N3O/c1-19(2)16-8-7-14(17-18-16)10-12-9-13-5-3-4-6-15(13)20-11-12/h3-8,12H,9-11H2,1-2H3/t12-/m0/s1. The van der Waals surface area contributed by atoms with Crippen LogP contribution >= 0.6 is 0 Å². The van der Waals surface area contributed by atoms with Crippen molar-refractivity contribution in [1.29, 1.82) is 0 Å². The minimum absolute atomic E-state index is 0.476. The molecule has 0 spiro atoms. The zero-order valence-corrected chi connectivity index (χ0v) is 11.9. The van der Waals surface area contributed by atoms with Crippen molar-refractivity contribution in [2.45, 2.75) is 12.8 Å². The summed E-state index contributed by atoms with van der Waals surface area (Å²) < 4.78 is 5.81. The van der Waals surface area contributed by atoms with Gasteiger partial charge in [-0.15, -0.1) is 5.10 Å². The van der Waals surface area contributed by atoms with Crippen LogP contribution in [0.25, 0.3) is 0 Å². The molecule has 0 saturated carbocycles. The van der Waals surface area contributed by atoms with Gasteiger partial charge in [0.2, 0.25) is 0 Å². The van der Waals surface area contributed by atoms with Crippen LogP contribution in [0.15, 0.2) is 36.4 Å². The SMILES string of the molecule is CN(C)c1ccc(C[C@H]2COc3ccccc3C2)nn1. The van der Waals surface area contributed by atoms with Crippen LogP contribution in [0.1, 0.15) is 11.3 Å². The lowest BCUT2D eigenvalue weighted by Crippen LogP contribution is -2.23. The maximum absolute atomic E-state index is 5.81. The molecule has 4 nitrogen and oxygen atoms in total. The molecule has 1 aliphatic heterocycles. The van der Waals surface area contributed by atoms with Crippen LogP contribution in [0.2, 0.25) is 0 Å². The Morgan fingerprint density at radius 2 is 2.00 bits per heavy atom. The first-order chi connectivity index (χ1) is 9.72. The first kappa shape index (κ1) is 12.9. The van der Waals surface area contributed by atoms with Crippen molar-refractivity contribution < 1.29 is 4.74 Å². The zero-order valence-electron chi connectivity index (χ0n) is 11.9. The molecular formula is C16H19N3O. The summed E-state index contributed by atoms with van der Waals surface area (Å²) in [7, 11) is 3.94. The monoisotopic (exact) mass is 269 g/mol. The second-order valence-electron chi connectivity index (χ2n) is 5.47. The fourth-order valence-corrected chi connectivity index (χ4v) is 2.52. The van der Waals surface area contributed by atoms with Crippen LogP contribution in [0.4, 0.5) is 5.82 Å². The van der Waals surface area contributed by atoms with Gasteiger partial charge in [0.15, 0.2) is 5.82 Å². The van der Waals surface area contributed by atoms with Gasteiger partial charge in [-0.25, -0.2) is 0 Å². The Morgan fingerprint density at radius 3 is 2.75 bits per heavy atom. The Bertz CT molecular complexity index is 581. The van der Waals surface area contributed by atoms with E-state index in [9.17, 15) is 0 Å². The number of nitrogens with zero attached hydrogens (tertiary/aromatic N) is 3. The molecule has 0 saturated heterocycles. The van der Waals surface area contributed by atoms with Crippen LogP contribution in [-0.4, -0.2) is 30.9 Å². The molecule has 4 heteroatoms. The van der Waals surface area contributed by atoms with Gasteiger partial charge in [0.1, 0.15) is 5.75 Å². The van der Waals surface area contributed by atoms with Crippen LogP contribution < -0.4 is 9.64 Å². The number of hydrogen-bond acceptors (Lipinski definition) is 4. The lowest BCUT2D eigenvalue weighted by atomic mass is 9.93. The van der Waals surface area contributed by atoms with Crippen molar-refractivity contribution in [2.24, 2.45) is 5.92 Å². The van der Waals surface area contributed by atoms with Crippen LogP contribution in [0.5, 0.6) is 5.75 Å². The molecule has 2 heterocycles. The Morgan fingerprint density at radius 1 is 1.15 bits per heavy atom. The molecule has 2 aromatic rings. The van der Waals surface area contributed by atoms with E-state index in [1.165, 1.54) is 5.56 Å². The molecule has 0 unspecified atom stereocenters. The highest BCUT2D eigenvalue weighted by Gasteiger charge is 2.20. The lowest BCUT2D eigenvalue weighted by molar-refractivity contribution is 0.220. The minimum atomic E-state index is 0.476. The van der Waals surface area contributed by atoms with E-state index in [0.717, 1.165) is 36.7 Å². The largest absolute Gasteiger partial charge is 0.493 e. The predicted molar refractivity (Wildman–Crippen MR) is 79.2 cm³/mol. The average Bonchev–Trinajstić information content (AvgIpc) is 2.48. The van der Waals surface area contributed by atoms with Gasteiger partial charge in [0, 0.05) is 20.0 Å². The van der Waals surface area contributed by atoms with Gasteiger partial charge >= 0.3 is 0 Å². The molecule has 3 rings (SSSR count). The molecule has 0 aliphatic carbocycles. The van der Waals surface area contributed by atoms with Crippen LogP contribution in [-0.2, 0) is 12.8 Å². The van der Waals surface area contributed by atoms with Gasteiger partial charge in [-0.05, 0) is 36.6 Å². The molecule has 0 N–H and O–H groups in total. The van der Waals surface area contributed by atoms with Crippen LogP contribution in [0.3, 0.4) is 0 Å². The molecule has 1 aromatic carbocycles. The Hall–Kier alpha value is -2.10.